The molecule has 1 aromatic rings. The standard InChI is InChI=1S/C11H17N3O4S/c12-13-10-3-1-2-4-11(10)19(16,17)14-5-6-18-9(7-14)8-15/h1-4,9,13,15H,5-8,12H2. The van der Waals surface area contributed by atoms with Crippen molar-refractivity contribution in [3.8, 4) is 0 Å². The van der Waals surface area contributed by atoms with Gasteiger partial charge in [0, 0.05) is 13.1 Å². The zero-order valence-corrected chi connectivity index (χ0v) is 11.1. The number of sulfonamides is 1. The van der Waals surface area contributed by atoms with Gasteiger partial charge in [0.2, 0.25) is 10.0 Å². The van der Waals surface area contributed by atoms with E-state index in [0.717, 1.165) is 0 Å². The highest BCUT2D eigenvalue weighted by molar-refractivity contribution is 7.89. The predicted molar refractivity (Wildman–Crippen MR) is 69.8 cm³/mol. The van der Waals surface area contributed by atoms with Gasteiger partial charge in [0.25, 0.3) is 0 Å². The van der Waals surface area contributed by atoms with Gasteiger partial charge < -0.3 is 15.3 Å². The van der Waals surface area contributed by atoms with E-state index in [2.05, 4.69) is 5.43 Å². The fourth-order valence-electron chi connectivity index (χ4n) is 1.97. The van der Waals surface area contributed by atoms with Crippen LogP contribution in [0.15, 0.2) is 29.2 Å². The lowest BCUT2D eigenvalue weighted by molar-refractivity contribution is -0.0304. The van der Waals surface area contributed by atoms with E-state index < -0.39 is 16.1 Å². The molecule has 19 heavy (non-hydrogen) atoms. The summed E-state index contributed by atoms with van der Waals surface area (Å²) >= 11 is 0. The van der Waals surface area contributed by atoms with E-state index in [1.807, 2.05) is 0 Å². The first-order valence-electron chi connectivity index (χ1n) is 5.88. The van der Waals surface area contributed by atoms with Crippen molar-refractivity contribution in [1.82, 2.24) is 4.31 Å². The molecule has 1 unspecified atom stereocenters. The van der Waals surface area contributed by atoms with Gasteiger partial charge in [0.15, 0.2) is 0 Å². The van der Waals surface area contributed by atoms with E-state index in [4.69, 9.17) is 15.7 Å². The maximum Gasteiger partial charge on any atom is 0.245 e. The van der Waals surface area contributed by atoms with Gasteiger partial charge in [-0.1, -0.05) is 12.1 Å². The number of nitrogens with one attached hydrogen (secondary N) is 1. The summed E-state index contributed by atoms with van der Waals surface area (Å²) in [6.45, 7) is 0.459. The monoisotopic (exact) mass is 287 g/mol. The molecule has 1 aliphatic heterocycles. The SMILES string of the molecule is NNc1ccccc1S(=O)(=O)N1CCOC(CO)C1. The van der Waals surface area contributed by atoms with Gasteiger partial charge in [0.1, 0.15) is 4.90 Å². The molecule has 0 spiro atoms. The fourth-order valence-corrected chi connectivity index (χ4v) is 3.58. The molecule has 0 aliphatic carbocycles. The molecule has 0 bridgehead atoms. The molecule has 0 saturated carbocycles. The Hall–Kier alpha value is -1.19. The highest BCUT2D eigenvalue weighted by atomic mass is 32.2. The average molecular weight is 287 g/mol. The van der Waals surface area contributed by atoms with Gasteiger partial charge in [-0.3, -0.25) is 5.84 Å². The second kappa shape index (κ2) is 5.85. The minimum atomic E-state index is -3.65. The Balaban J connectivity index is 2.31. The van der Waals surface area contributed by atoms with E-state index in [1.165, 1.54) is 10.4 Å². The zero-order valence-electron chi connectivity index (χ0n) is 10.3. The quantitative estimate of drug-likeness (QED) is 0.502. The van der Waals surface area contributed by atoms with E-state index in [9.17, 15) is 8.42 Å². The van der Waals surface area contributed by atoms with Gasteiger partial charge in [-0.15, -0.1) is 0 Å². The molecule has 0 radical (unpaired) electrons. The van der Waals surface area contributed by atoms with Crippen LogP contribution >= 0.6 is 0 Å². The molecule has 106 valence electrons. The average Bonchev–Trinajstić information content (AvgIpc) is 2.47. The molecule has 4 N–H and O–H groups in total. The molecule has 1 atom stereocenters. The molecular weight excluding hydrogens is 270 g/mol. The molecule has 1 aliphatic rings. The molecule has 0 aromatic heterocycles. The third kappa shape index (κ3) is 2.88. The number of hydrogen-bond donors (Lipinski definition) is 3. The second-order valence-corrected chi connectivity index (χ2v) is 6.09. The van der Waals surface area contributed by atoms with Gasteiger partial charge in [-0.2, -0.15) is 4.31 Å². The number of rotatable bonds is 4. The molecule has 1 aromatic carbocycles. The zero-order chi connectivity index (χ0) is 13.9. The molecule has 7 nitrogen and oxygen atoms in total. The van der Waals surface area contributed by atoms with E-state index in [0.29, 0.717) is 5.69 Å². The van der Waals surface area contributed by atoms with Crippen LogP contribution in [0.4, 0.5) is 5.69 Å². The Morgan fingerprint density at radius 3 is 2.89 bits per heavy atom. The highest BCUT2D eigenvalue weighted by Crippen LogP contribution is 2.25. The lowest BCUT2D eigenvalue weighted by Gasteiger charge is -2.31. The van der Waals surface area contributed by atoms with E-state index >= 15 is 0 Å². The Bertz CT molecular complexity index is 534. The number of aliphatic hydroxyl groups is 1. The number of para-hydroxylation sites is 1. The maximum atomic E-state index is 12.5. The molecule has 1 fully saturated rings. The summed E-state index contributed by atoms with van der Waals surface area (Å²) in [5.41, 5.74) is 2.72. The van der Waals surface area contributed by atoms with Crippen molar-refractivity contribution in [3.63, 3.8) is 0 Å². The first-order chi connectivity index (χ1) is 9.09. The van der Waals surface area contributed by atoms with Gasteiger partial charge in [-0.05, 0) is 12.1 Å². The van der Waals surface area contributed by atoms with Crippen molar-refractivity contribution in [2.75, 3.05) is 31.7 Å². The number of morpholine rings is 1. The summed E-state index contributed by atoms with van der Waals surface area (Å²) in [4.78, 5) is 0.121. The third-order valence-corrected chi connectivity index (χ3v) is 4.89. The van der Waals surface area contributed by atoms with Gasteiger partial charge in [0.05, 0.1) is 25.0 Å². The summed E-state index contributed by atoms with van der Waals surface area (Å²) in [6, 6.07) is 6.42. The molecule has 1 heterocycles. The number of aliphatic hydroxyl groups excluding tert-OH is 1. The number of hydrazine groups is 1. The van der Waals surface area contributed by atoms with Crippen molar-refractivity contribution in [2.45, 2.75) is 11.0 Å². The van der Waals surface area contributed by atoms with Crippen molar-refractivity contribution >= 4 is 15.7 Å². The normalized spacial score (nSPS) is 21.3. The second-order valence-electron chi connectivity index (χ2n) is 4.18. The van der Waals surface area contributed by atoms with Crippen LogP contribution in [0.25, 0.3) is 0 Å². The number of benzene rings is 1. The number of nitrogens with zero attached hydrogens (tertiary/aromatic N) is 1. The van der Waals surface area contributed by atoms with Crippen LogP contribution in [0.1, 0.15) is 0 Å². The topological polar surface area (TPSA) is 105 Å². The molecule has 0 amide bonds. The summed E-state index contributed by atoms with van der Waals surface area (Å²) in [5.74, 6) is 5.33. The van der Waals surface area contributed by atoms with E-state index in [-0.39, 0.29) is 31.2 Å². The van der Waals surface area contributed by atoms with Crippen molar-refractivity contribution in [1.29, 1.82) is 0 Å². The van der Waals surface area contributed by atoms with Crippen LogP contribution in [0.3, 0.4) is 0 Å². The lowest BCUT2D eigenvalue weighted by Crippen LogP contribution is -2.46. The van der Waals surface area contributed by atoms with Crippen LogP contribution in [0, 0.1) is 0 Å². The van der Waals surface area contributed by atoms with Crippen LogP contribution in [0.5, 0.6) is 0 Å². The van der Waals surface area contributed by atoms with Gasteiger partial charge >= 0.3 is 0 Å². The molecule has 8 heteroatoms. The summed E-state index contributed by atoms with van der Waals surface area (Å²) in [5, 5.41) is 9.07. The van der Waals surface area contributed by atoms with Crippen molar-refractivity contribution in [2.24, 2.45) is 5.84 Å². The first-order valence-corrected chi connectivity index (χ1v) is 7.32. The minimum absolute atomic E-state index is 0.121. The molecular formula is C11H17N3O4S. The summed E-state index contributed by atoms with van der Waals surface area (Å²) < 4.78 is 31.6. The van der Waals surface area contributed by atoms with E-state index in [1.54, 1.807) is 18.2 Å². The third-order valence-electron chi connectivity index (χ3n) is 2.97. The Labute approximate surface area is 112 Å². The number of anilines is 1. The number of hydrogen-bond acceptors (Lipinski definition) is 6. The predicted octanol–water partition coefficient (Wildman–Crippen LogP) is -0.646. The number of nitrogen functional groups attached to an aromatic ring is 1. The smallest absolute Gasteiger partial charge is 0.245 e. The number of nitrogens with two attached hydrogens (primary N) is 1. The fraction of sp³-hybridized carbons (Fsp3) is 0.455. The van der Waals surface area contributed by atoms with Gasteiger partial charge in [-0.25, -0.2) is 8.42 Å². The van der Waals surface area contributed by atoms with Crippen LogP contribution < -0.4 is 11.3 Å². The minimum Gasteiger partial charge on any atom is -0.394 e. The van der Waals surface area contributed by atoms with Crippen molar-refractivity contribution in [3.05, 3.63) is 24.3 Å². The Kier molecular flexibility index (Phi) is 4.38. The van der Waals surface area contributed by atoms with Crippen molar-refractivity contribution < 1.29 is 18.3 Å². The van der Waals surface area contributed by atoms with Crippen LogP contribution in [-0.2, 0) is 14.8 Å². The maximum absolute atomic E-state index is 12.5. The lowest BCUT2D eigenvalue weighted by atomic mass is 10.3. The Morgan fingerprint density at radius 2 is 2.21 bits per heavy atom. The highest BCUT2D eigenvalue weighted by Gasteiger charge is 2.31. The molecule has 2 rings (SSSR count). The van der Waals surface area contributed by atoms with Crippen LogP contribution in [-0.4, -0.2) is 50.2 Å². The van der Waals surface area contributed by atoms with Crippen LogP contribution in [0.2, 0.25) is 0 Å². The summed E-state index contributed by atoms with van der Waals surface area (Å²) in [7, 11) is -3.65. The molecule has 1 saturated heterocycles. The Morgan fingerprint density at radius 1 is 1.47 bits per heavy atom. The number of ether oxygens (including phenoxy) is 1. The summed E-state index contributed by atoms with van der Waals surface area (Å²) in [6.07, 6.45) is -0.485. The first kappa shape index (κ1) is 14.2. The largest absolute Gasteiger partial charge is 0.394 e.